The summed E-state index contributed by atoms with van der Waals surface area (Å²) >= 11 is 0. The Morgan fingerprint density at radius 1 is 1.32 bits per heavy atom. The summed E-state index contributed by atoms with van der Waals surface area (Å²) < 4.78 is 6.39. The van der Waals surface area contributed by atoms with E-state index in [1.54, 1.807) is 19.4 Å². The molecule has 1 aliphatic rings. The van der Waals surface area contributed by atoms with Crippen LogP contribution in [0.3, 0.4) is 0 Å². The highest BCUT2D eigenvalue weighted by atomic mass is 16.5. The third-order valence-corrected chi connectivity index (χ3v) is 5.17. The second-order valence-electron chi connectivity index (χ2n) is 7.04. The van der Waals surface area contributed by atoms with Crippen LogP contribution in [0.25, 0.3) is 0 Å². The van der Waals surface area contributed by atoms with Crippen molar-refractivity contribution in [2.24, 2.45) is 5.92 Å². The largest absolute Gasteiger partial charge is 0.383 e. The van der Waals surface area contributed by atoms with Crippen molar-refractivity contribution in [2.45, 2.75) is 26.4 Å². The molecule has 1 saturated heterocycles. The third-order valence-electron chi connectivity index (χ3n) is 5.17. The maximum atomic E-state index is 13.0. The Morgan fingerprint density at radius 2 is 2.11 bits per heavy atom. The lowest BCUT2D eigenvalue weighted by molar-refractivity contribution is -0.135. The van der Waals surface area contributed by atoms with Gasteiger partial charge in [0.1, 0.15) is 0 Å². The highest BCUT2D eigenvalue weighted by Crippen LogP contribution is 2.24. The lowest BCUT2D eigenvalue weighted by Crippen LogP contribution is -2.37. The summed E-state index contributed by atoms with van der Waals surface area (Å²) in [7, 11) is 1.60. The standard InChI is InChI=1S/C21H28N4O3/c1-3-23(15-17-7-5-4-6-8-17)21(27)18-9-10-24(16-18)19-13-20(26)25(22-14-19)11-12-28-2/h4-8,13-14,18H,3,9-12,15-16H2,1-2H3. The van der Waals surface area contributed by atoms with E-state index in [0.29, 0.717) is 32.8 Å². The van der Waals surface area contributed by atoms with Crippen molar-refractivity contribution in [3.05, 3.63) is 58.5 Å². The summed E-state index contributed by atoms with van der Waals surface area (Å²) in [6.45, 7) is 5.57. The molecule has 0 radical (unpaired) electrons. The van der Waals surface area contributed by atoms with Crippen molar-refractivity contribution in [1.82, 2.24) is 14.7 Å². The smallest absolute Gasteiger partial charge is 0.268 e. The number of hydrogen-bond acceptors (Lipinski definition) is 5. The van der Waals surface area contributed by atoms with Crippen LogP contribution in [-0.4, -0.2) is 53.9 Å². The first-order valence-corrected chi connectivity index (χ1v) is 9.76. The summed E-state index contributed by atoms with van der Waals surface area (Å²) in [5, 5.41) is 4.22. The van der Waals surface area contributed by atoms with Gasteiger partial charge in [0.15, 0.2) is 0 Å². The number of hydrogen-bond donors (Lipinski definition) is 0. The highest BCUT2D eigenvalue weighted by Gasteiger charge is 2.31. The van der Waals surface area contributed by atoms with E-state index >= 15 is 0 Å². The molecule has 3 rings (SSSR count). The second-order valence-corrected chi connectivity index (χ2v) is 7.04. The molecule has 1 amide bonds. The zero-order valence-corrected chi connectivity index (χ0v) is 16.6. The van der Waals surface area contributed by atoms with Crippen LogP contribution in [0.2, 0.25) is 0 Å². The molecule has 1 atom stereocenters. The molecule has 0 aliphatic carbocycles. The third kappa shape index (κ3) is 4.78. The fraction of sp³-hybridized carbons (Fsp3) is 0.476. The molecule has 0 saturated carbocycles. The lowest BCUT2D eigenvalue weighted by atomic mass is 10.1. The topological polar surface area (TPSA) is 67.7 Å². The molecule has 0 bridgehead atoms. The van der Waals surface area contributed by atoms with Gasteiger partial charge in [0.25, 0.3) is 5.56 Å². The molecular weight excluding hydrogens is 356 g/mol. The van der Waals surface area contributed by atoms with Crippen LogP contribution in [0, 0.1) is 5.92 Å². The summed E-state index contributed by atoms with van der Waals surface area (Å²) in [5.74, 6) is 0.120. The molecule has 28 heavy (non-hydrogen) atoms. The molecule has 1 fully saturated rings. The van der Waals surface area contributed by atoms with Gasteiger partial charge in [0.2, 0.25) is 5.91 Å². The van der Waals surface area contributed by atoms with Gasteiger partial charge >= 0.3 is 0 Å². The van der Waals surface area contributed by atoms with Crippen molar-refractivity contribution in [3.8, 4) is 0 Å². The molecule has 0 spiro atoms. The van der Waals surface area contributed by atoms with Gasteiger partial charge in [-0.1, -0.05) is 30.3 Å². The van der Waals surface area contributed by atoms with Crippen molar-refractivity contribution < 1.29 is 9.53 Å². The molecule has 0 N–H and O–H groups in total. The van der Waals surface area contributed by atoms with Gasteiger partial charge in [-0.15, -0.1) is 0 Å². The molecular formula is C21H28N4O3. The number of benzene rings is 1. The SMILES string of the molecule is CCN(Cc1ccccc1)C(=O)C1CCN(c2cnn(CCOC)c(=O)c2)C1. The number of carbonyl (C=O) groups is 1. The van der Waals surface area contributed by atoms with Crippen LogP contribution in [0.5, 0.6) is 0 Å². The van der Waals surface area contributed by atoms with E-state index in [2.05, 4.69) is 10.00 Å². The first-order chi connectivity index (χ1) is 13.6. The fourth-order valence-electron chi connectivity index (χ4n) is 3.55. The number of rotatable bonds is 8. The average molecular weight is 384 g/mol. The summed E-state index contributed by atoms with van der Waals surface area (Å²) in [6.07, 6.45) is 2.49. The van der Waals surface area contributed by atoms with Crippen molar-refractivity contribution >= 4 is 11.6 Å². The quantitative estimate of drug-likeness (QED) is 0.694. The first-order valence-electron chi connectivity index (χ1n) is 9.76. The molecule has 2 aromatic rings. The number of carbonyl (C=O) groups excluding carboxylic acids is 1. The van der Waals surface area contributed by atoms with Gasteiger partial charge in [0.05, 0.1) is 31.0 Å². The second kappa shape index (κ2) is 9.50. The zero-order valence-electron chi connectivity index (χ0n) is 16.6. The molecule has 150 valence electrons. The minimum Gasteiger partial charge on any atom is -0.383 e. The zero-order chi connectivity index (χ0) is 19.9. The van der Waals surface area contributed by atoms with E-state index in [1.807, 2.05) is 42.2 Å². The summed E-state index contributed by atoms with van der Waals surface area (Å²) in [6, 6.07) is 11.6. The lowest BCUT2D eigenvalue weighted by Gasteiger charge is -2.25. The summed E-state index contributed by atoms with van der Waals surface area (Å²) in [5.41, 5.74) is 1.76. The Morgan fingerprint density at radius 3 is 2.79 bits per heavy atom. The van der Waals surface area contributed by atoms with Crippen LogP contribution < -0.4 is 10.5 Å². The maximum Gasteiger partial charge on any atom is 0.268 e. The van der Waals surface area contributed by atoms with E-state index in [9.17, 15) is 9.59 Å². The van der Waals surface area contributed by atoms with Crippen molar-refractivity contribution in [3.63, 3.8) is 0 Å². The van der Waals surface area contributed by atoms with E-state index in [1.165, 1.54) is 4.68 Å². The molecule has 1 aromatic carbocycles. The molecule has 1 aromatic heterocycles. The molecule has 1 unspecified atom stereocenters. The van der Waals surface area contributed by atoms with Gasteiger partial charge in [-0.05, 0) is 18.9 Å². The molecule has 7 nitrogen and oxygen atoms in total. The highest BCUT2D eigenvalue weighted by molar-refractivity contribution is 5.80. The first kappa shape index (κ1) is 20.1. The van der Waals surface area contributed by atoms with Gasteiger partial charge in [-0.2, -0.15) is 5.10 Å². The number of anilines is 1. The van der Waals surface area contributed by atoms with Crippen LogP contribution in [0.1, 0.15) is 18.9 Å². The Kier molecular flexibility index (Phi) is 6.81. The predicted molar refractivity (Wildman–Crippen MR) is 108 cm³/mol. The normalized spacial score (nSPS) is 16.4. The number of amides is 1. The Balaban J connectivity index is 1.63. The average Bonchev–Trinajstić information content (AvgIpc) is 3.21. The Bertz CT molecular complexity index is 837. The van der Waals surface area contributed by atoms with Crippen LogP contribution in [0.4, 0.5) is 5.69 Å². The maximum absolute atomic E-state index is 13.0. The number of aromatic nitrogens is 2. The number of nitrogens with zero attached hydrogens (tertiary/aromatic N) is 4. The number of ether oxygens (including phenoxy) is 1. The van der Waals surface area contributed by atoms with Gasteiger partial charge in [0, 0.05) is 39.4 Å². The van der Waals surface area contributed by atoms with Crippen molar-refractivity contribution in [2.75, 3.05) is 38.3 Å². The van der Waals surface area contributed by atoms with Gasteiger partial charge in [-0.3, -0.25) is 9.59 Å². The molecule has 2 heterocycles. The van der Waals surface area contributed by atoms with Crippen LogP contribution in [-0.2, 0) is 22.6 Å². The minimum absolute atomic E-state index is 0.0559. The molecule has 7 heteroatoms. The predicted octanol–water partition coefficient (Wildman–Crippen LogP) is 1.76. The van der Waals surface area contributed by atoms with Crippen LogP contribution in [0.15, 0.2) is 47.4 Å². The van der Waals surface area contributed by atoms with Crippen LogP contribution >= 0.6 is 0 Å². The van der Waals surface area contributed by atoms with E-state index in [0.717, 1.165) is 24.2 Å². The van der Waals surface area contributed by atoms with E-state index in [-0.39, 0.29) is 17.4 Å². The monoisotopic (exact) mass is 384 g/mol. The van der Waals surface area contributed by atoms with Gasteiger partial charge in [-0.25, -0.2) is 4.68 Å². The summed E-state index contributed by atoms with van der Waals surface area (Å²) in [4.78, 5) is 29.2. The number of methoxy groups -OCH3 is 1. The molecule has 1 aliphatic heterocycles. The van der Waals surface area contributed by atoms with E-state index in [4.69, 9.17) is 4.74 Å². The fourth-order valence-corrected chi connectivity index (χ4v) is 3.55. The van der Waals surface area contributed by atoms with Gasteiger partial charge < -0.3 is 14.5 Å². The Labute approximate surface area is 165 Å². The van der Waals surface area contributed by atoms with E-state index < -0.39 is 0 Å². The van der Waals surface area contributed by atoms with Crippen molar-refractivity contribution in [1.29, 1.82) is 0 Å². The Hall–Kier alpha value is -2.67. The minimum atomic E-state index is -0.149.